The summed E-state index contributed by atoms with van der Waals surface area (Å²) >= 11 is 0. The Morgan fingerprint density at radius 3 is 2.85 bits per heavy atom. The van der Waals surface area contributed by atoms with Gasteiger partial charge in [-0.05, 0) is 44.4 Å². The molecule has 5 rings (SSSR count). The van der Waals surface area contributed by atoms with Gasteiger partial charge in [0.1, 0.15) is 17.6 Å². The number of nitrogens with two attached hydrogens (primary N) is 1. The first-order chi connectivity index (χ1) is 16.6. The zero-order valence-corrected chi connectivity index (χ0v) is 19.5. The highest BCUT2D eigenvalue weighted by atomic mass is 16.5. The van der Waals surface area contributed by atoms with Crippen LogP contribution in [0.15, 0.2) is 36.8 Å². The quantitative estimate of drug-likeness (QED) is 0.575. The van der Waals surface area contributed by atoms with Crippen LogP contribution in [0, 0.1) is 11.3 Å². The summed E-state index contributed by atoms with van der Waals surface area (Å²) in [4.78, 5) is 7.05. The molecule has 9 nitrogen and oxygen atoms in total. The Balaban J connectivity index is 1.32. The Labute approximate surface area is 199 Å². The van der Waals surface area contributed by atoms with Gasteiger partial charge in [0.2, 0.25) is 0 Å². The molecule has 1 unspecified atom stereocenters. The summed E-state index contributed by atoms with van der Waals surface area (Å²) in [7, 11) is 0. The van der Waals surface area contributed by atoms with E-state index < -0.39 is 0 Å². The maximum Gasteiger partial charge on any atom is 0.138 e. The number of rotatable bonds is 6. The van der Waals surface area contributed by atoms with Crippen molar-refractivity contribution in [1.29, 1.82) is 5.26 Å². The van der Waals surface area contributed by atoms with E-state index in [4.69, 9.17) is 20.2 Å². The highest BCUT2D eigenvalue weighted by molar-refractivity contribution is 5.85. The van der Waals surface area contributed by atoms with Gasteiger partial charge in [-0.2, -0.15) is 10.4 Å². The van der Waals surface area contributed by atoms with E-state index >= 15 is 0 Å². The number of nitriles is 1. The normalized spacial score (nSPS) is 20.3. The molecule has 1 atom stereocenters. The van der Waals surface area contributed by atoms with Crippen molar-refractivity contribution in [3.63, 3.8) is 0 Å². The van der Waals surface area contributed by atoms with Gasteiger partial charge in [-0.3, -0.25) is 0 Å². The molecule has 178 valence electrons. The van der Waals surface area contributed by atoms with Crippen LogP contribution in [0.4, 0.5) is 5.82 Å². The van der Waals surface area contributed by atoms with Crippen molar-refractivity contribution < 1.29 is 9.47 Å². The van der Waals surface area contributed by atoms with Gasteiger partial charge in [-0.25, -0.2) is 9.50 Å². The number of ether oxygens (including phenoxy) is 2. The third-order valence-electron chi connectivity index (χ3n) is 6.80. The number of anilines is 1. The van der Waals surface area contributed by atoms with Crippen molar-refractivity contribution in [2.45, 2.75) is 37.8 Å². The van der Waals surface area contributed by atoms with Crippen molar-refractivity contribution in [2.24, 2.45) is 5.73 Å². The van der Waals surface area contributed by atoms with Crippen molar-refractivity contribution in [3.8, 4) is 22.9 Å². The molecule has 2 saturated heterocycles. The summed E-state index contributed by atoms with van der Waals surface area (Å²) in [5, 5.41) is 17.3. The van der Waals surface area contributed by atoms with Crippen LogP contribution in [0.25, 0.3) is 16.6 Å². The highest BCUT2D eigenvalue weighted by Crippen LogP contribution is 2.32. The molecule has 0 aliphatic carbocycles. The fourth-order valence-corrected chi connectivity index (χ4v) is 4.97. The Bertz CT molecular complexity index is 1170. The first-order valence-corrected chi connectivity index (χ1v) is 12.0. The van der Waals surface area contributed by atoms with E-state index in [1.54, 1.807) is 16.9 Å². The number of aromatic nitrogens is 3. The molecule has 2 aliphatic rings. The van der Waals surface area contributed by atoms with Gasteiger partial charge < -0.3 is 25.4 Å². The van der Waals surface area contributed by atoms with E-state index in [1.807, 2.05) is 31.3 Å². The lowest BCUT2D eigenvalue weighted by atomic mass is 9.83. The summed E-state index contributed by atoms with van der Waals surface area (Å²) < 4.78 is 13.3. The molecular weight excluding hydrogens is 430 g/mol. The van der Waals surface area contributed by atoms with Crippen LogP contribution >= 0.6 is 0 Å². The summed E-state index contributed by atoms with van der Waals surface area (Å²) in [6.45, 7) is 6.80. The number of fused-ring (bicyclic) bond motifs is 1. The summed E-state index contributed by atoms with van der Waals surface area (Å²) in [5.74, 6) is 1.64. The lowest BCUT2D eigenvalue weighted by Gasteiger charge is -2.42. The monoisotopic (exact) mass is 461 g/mol. The molecule has 5 heterocycles. The minimum Gasteiger partial charge on any atom is -0.492 e. The third kappa shape index (κ3) is 4.57. The predicted molar refractivity (Wildman–Crippen MR) is 130 cm³/mol. The molecule has 34 heavy (non-hydrogen) atoms. The zero-order chi connectivity index (χ0) is 23.5. The van der Waals surface area contributed by atoms with E-state index in [0.29, 0.717) is 17.9 Å². The van der Waals surface area contributed by atoms with Crippen molar-refractivity contribution >= 4 is 11.3 Å². The SMILES string of the molecule is CCOc1cc(-c2ccc(N3CCC(N)(CC4CNCCO4)CC3)nc2)c2c(C#N)cnn2c1. The van der Waals surface area contributed by atoms with Gasteiger partial charge in [-0.15, -0.1) is 0 Å². The van der Waals surface area contributed by atoms with E-state index in [-0.39, 0.29) is 11.6 Å². The molecule has 0 saturated carbocycles. The minimum atomic E-state index is -0.193. The second-order valence-electron chi connectivity index (χ2n) is 9.14. The van der Waals surface area contributed by atoms with Crippen molar-refractivity contribution in [3.05, 3.63) is 42.4 Å². The number of nitrogens with one attached hydrogen (secondary N) is 1. The largest absolute Gasteiger partial charge is 0.492 e. The lowest BCUT2D eigenvalue weighted by Crippen LogP contribution is -2.54. The molecular formula is C25H31N7O2. The molecule has 3 aromatic rings. The molecule has 2 fully saturated rings. The highest BCUT2D eigenvalue weighted by Gasteiger charge is 2.34. The first kappa shape index (κ1) is 22.6. The van der Waals surface area contributed by atoms with Crippen LogP contribution in [0.1, 0.15) is 31.7 Å². The van der Waals surface area contributed by atoms with Gasteiger partial charge in [0, 0.05) is 49.0 Å². The first-order valence-electron chi connectivity index (χ1n) is 12.0. The van der Waals surface area contributed by atoms with E-state index in [0.717, 1.165) is 74.5 Å². The zero-order valence-electron chi connectivity index (χ0n) is 19.5. The molecule has 0 amide bonds. The topological polar surface area (TPSA) is 114 Å². The van der Waals surface area contributed by atoms with Crippen molar-refractivity contribution in [2.75, 3.05) is 44.3 Å². The van der Waals surface area contributed by atoms with Crippen molar-refractivity contribution in [1.82, 2.24) is 19.9 Å². The predicted octanol–water partition coefficient (Wildman–Crippen LogP) is 2.34. The van der Waals surface area contributed by atoms with Gasteiger partial charge in [0.05, 0.1) is 42.8 Å². The molecule has 9 heteroatoms. The van der Waals surface area contributed by atoms with E-state index in [9.17, 15) is 5.26 Å². The van der Waals surface area contributed by atoms with Crippen LogP contribution in [-0.2, 0) is 4.74 Å². The Kier molecular flexibility index (Phi) is 6.37. The Morgan fingerprint density at radius 1 is 1.32 bits per heavy atom. The van der Waals surface area contributed by atoms with Gasteiger partial charge >= 0.3 is 0 Å². The molecule has 0 bridgehead atoms. The average Bonchev–Trinajstić information content (AvgIpc) is 3.28. The third-order valence-corrected chi connectivity index (χ3v) is 6.80. The van der Waals surface area contributed by atoms with Crippen LogP contribution < -0.4 is 20.7 Å². The number of hydrogen-bond donors (Lipinski definition) is 2. The van der Waals surface area contributed by atoms with Crippen LogP contribution in [0.2, 0.25) is 0 Å². The van der Waals surface area contributed by atoms with Crippen LogP contribution in [-0.4, -0.2) is 65.6 Å². The molecule has 3 aromatic heterocycles. The molecule has 0 spiro atoms. The molecule has 0 radical (unpaired) electrons. The number of piperidine rings is 1. The molecule has 2 aliphatic heterocycles. The minimum absolute atomic E-state index is 0.193. The lowest BCUT2D eigenvalue weighted by molar-refractivity contribution is 0.00658. The van der Waals surface area contributed by atoms with Gasteiger partial charge in [-0.1, -0.05) is 0 Å². The van der Waals surface area contributed by atoms with E-state index in [2.05, 4.69) is 21.4 Å². The number of pyridine rings is 2. The van der Waals surface area contributed by atoms with Gasteiger partial charge in [0.15, 0.2) is 0 Å². The number of nitrogens with zero attached hydrogens (tertiary/aromatic N) is 5. The summed E-state index contributed by atoms with van der Waals surface area (Å²) in [6, 6.07) is 8.27. The smallest absolute Gasteiger partial charge is 0.138 e. The number of morpholine rings is 1. The molecule has 0 aromatic carbocycles. The second-order valence-corrected chi connectivity index (χ2v) is 9.14. The maximum absolute atomic E-state index is 9.55. The second kappa shape index (κ2) is 9.58. The molecule has 3 N–H and O–H groups in total. The average molecular weight is 462 g/mol. The Morgan fingerprint density at radius 2 is 2.18 bits per heavy atom. The fourth-order valence-electron chi connectivity index (χ4n) is 4.97. The maximum atomic E-state index is 9.55. The van der Waals surface area contributed by atoms with Gasteiger partial charge in [0.25, 0.3) is 0 Å². The summed E-state index contributed by atoms with van der Waals surface area (Å²) in [6.07, 6.45) is 8.15. The van der Waals surface area contributed by atoms with Crippen LogP contribution in [0.5, 0.6) is 5.75 Å². The summed E-state index contributed by atoms with van der Waals surface area (Å²) in [5.41, 5.74) is 9.61. The van der Waals surface area contributed by atoms with Crippen LogP contribution in [0.3, 0.4) is 0 Å². The standard InChI is InChI=1S/C25H31N7O2/c1-2-33-20-11-22(24-19(13-26)15-30-32(24)17-20)18-3-4-23(29-14-18)31-8-5-25(27,6-9-31)12-21-16-28-7-10-34-21/h3-4,11,14-15,17,21,28H,2,5-10,12,16,27H2,1H3. The van der Waals surface area contributed by atoms with E-state index in [1.165, 1.54) is 0 Å². The Hall–Kier alpha value is -3.19. The number of hydrogen-bond acceptors (Lipinski definition) is 8. The fraction of sp³-hybridized carbons (Fsp3) is 0.480.